The summed E-state index contributed by atoms with van der Waals surface area (Å²) in [6, 6.07) is 14.8. The maximum absolute atomic E-state index is 12.3. The van der Waals surface area contributed by atoms with Gasteiger partial charge in [-0.05, 0) is 37.3 Å². The molecule has 1 N–H and O–H groups in total. The molecule has 7 heteroatoms. The number of nitrogens with zero attached hydrogens (tertiary/aromatic N) is 1. The summed E-state index contributed by atoms with van der Waals surface area (Å²) >= 11 is 7.14. The molecule has 5 nitrogen and oxygen atoms in total. The van der Waals surface area contributed by atoms with Gasteiger partial charge in [0.05, 0.1) is 25.1 Å². The summed E-state index contributed by atoms with van der Waals surface area (Å²) in [6.07, 6.45) is 1.64. The zero-order chi connectivity index (χ0) is 19.2. The van der Waals surface area contributed by atoms with Gasteiger partial charge in [-0.2, -0.15) is 0 Å². The van der Waals surface area contributed by atoms with Crippen LogP contribution in [0.25, 0.3) is 11.3 Å². The number of aromatic nitrogens is 1. The maximum atomic E-state index is 12.3. The summed E-state index contributed by atoms with van der Waals surface area (Å²) in [5.74, 6) is 1.49. The maximum Gasteiger partial charge on any atom is 0.256 e. The molecule has 1 heterocycles. The van der Waals surface area contributed by atoms with E-state index in [4.69, 9.17) is 20.8 Å². The van der Waals surface area contributed by atoms with Crippen molar-refractivity contribution in [3.05, 3.63) is 65.3 Å². The highest BCUT2D eigenvalue weighted by molar-refractivity contribution is 7.99. The number of oxazole rings is 1. The van der Waals surface area contributed by atoms with Crippen molar-refractivity contribution in [2.24, 2.45) is 0 Å². The van der Waals surface area contributed by atoms with Crippen molar-refractivity contribution in [1.29, 1.82) is 0 Å². The molecule has 1 aromatic heterocycles. The van der Waals surface area contributed by atoms with E-state index in [1.165, 1.54) is 11.8 Å². The predicted molar refractivity (Wildman–Crippen MR) is 107 cm³/mol. The zero-order valence-electron chi connectivity index (χ0n) is 14.9. The first-order chi connectivity index (χ1) is 13.1. The molecule has 0 radical (unpaired) electrons. The molecule has 1 amide bonds. The molecule has 27 heavy (non-hydrogen) atoms. The molecule has 1 unspecified atom stereocenters. The van der Waals surface area contributed by atoms with Crippen molar-refractivity contribution in [3.63, 3.8) is 0 Å². The van der Waals surface area contributed by atoms with E-state index in [1.807, 2.05) is 43.3 Å². The number of amides is 1. The fourth-order valence-corrected chi connectivity index (χ4v) is 3.32. The Labute approximate surface area is 167 Å². The van der Waals surface area contributed by atoms with Gasteiger partial charge in [-0.1, -0.05) is 41.6 Å². The van der Waals surface area contributed by atoms with Crippen LogP contribution in [0.15, 0.2) is 64.4 Å². The van der Waals surface area contributed by atoms with Crippen LogP contribution in [0.5, 0.6) is 5.75 Å². The van der Waals surface area contributed by atoms with Gasteiger partial charge in [0.1, 0.15) is 5.75 Å². The smallest absolute Gasteiger partial charge is 0.256 e. The van der Waals surface area contributed by atoms with Crippen LogP contribution in [0.4, 0.5) is 0 Å². The molecule has 1 atom stereocenters. The predicted octanol–water partition coefficient (Wildman–Crippen LogP) is 4.97. The van der Waals surface area contributed by atoms with Crippen molar-refractivity contribution < 1.29 is 13.9 Å². The molecule has 0 spiro atoms. The third-order valence-corrected chi connectivity index (χ3v) is 5.02. The van der Waals surface area contributed by atoms with Gasteiger partial charge in [-0.15, -0.1) is 0 Å². The van der Waals surface area contributed by atoms with Gasteiger partial charge in [0.2, 0.25) is 5.91 Å². The van der Waals surface area contributed by atoms with Gasteiger partial charge in [-0.25, -0.2) is 4.98 Å². The molecule has 2 aromatic carbocycles. The number of thioether (sulfide) groups is 1. The zero-order valence-corrected chi connectivity index (χ0v) is 16.5. The Morgan fingerprint density at radius 1 is 1.26 bits per heavy atom. The molecule has 0 saturated heterocycles. The lowest BCUT2D eigenvalue weighted by atomic mass is 10.1. The monoisotopic (exact) mass is 402 g/mol. The quantitative estimate of drug-likeness (QED) is 0.565. The van der Waals surface area contributed by atoms with Crippen molar-refractivity contribution in [2.75, 3.05) is 12.9 Å². The van der Waals surface area contributed by atoms with Crippen molar-refractivity contribution in [1.82, 2.24) is 10.3 Å². The number of methoxy groups -OCH3 is 1. The molecular weight excluding hydrogens is 384 g/mol. The molecule has 3 aromatic rings. The van der Waals surface area contributed by atoms with E-state index >= 15 is 0 Å². The second kappa shape index (κ2) is 8.97. The Morgan fingerprint density at radius 2 is 2.00 bits per heavy atom. The van der Waals surface area contributed by atoms with Crippen molar-refractivity contribution in [2.45, 2.75) is 18.2 Å². The number of ether oxygens (including phenoxy) is 1. The number of hydrogen-bond donors (Lipinski definition) is 1. The number of benzene rings is 2. The average Bonchev–Trinajstić information content (AvgIpc) is 3.16. The van der Waals surface area contributed by atoms with Crippen molar-refractivity contribution in [3.8, 4) is 17.1 Å². The molecule has 0 aliphatic heterocycles. The molecule has 0 bridgehead atoms. The van der Waals surface area contributed by atoms with Crippen LogP contribution in [-0.4, -0.2) is 23.8 Å². The molecular formula is C20H19ClN2O3S. The Bertz CT molecular complexity index is 912. The second-order valence-electron chi connectivity index (χ2n) is 5.82. The van der Waals surface area contributed by atoms with E-state index in [0.29, 0.717) is 16.0 Å². The first-order valence-corrected chi connectivity index (χ1v) is 9.70. The Morgan fingerprint density at radius 3 is 2.74 bits per heavy atom. The molecule has 0 saturated carbocycles. The third-order valence-electron chi connectivity index (χ3n) is 3.92. The topological polar surface area (TPSA) is 64.4 Å². The minimum Gasteiger partial charge on any atom is -0.496 e. The Kier molecular flexibility index (Phi) is 6.42. The fourth-order valence-electron chi connectivity index (χ4n) is 2.58. The number of halogens is 1. The molecule has 140 valence electrons. The summed E-state index contributed by atoms with van der Waals surface area (Å²) in [7, 11) is 1.62. The lowest BCUT2D eigenvalue weighted by Crippen LogP contribution is -2.28. The average molecular weight is 403 g/mol. The van der Waals surface area contributed by atoms with Crippen molar-refractivity contribution >= 4 is 29.3 Å². The fraction of sp³-hybridized carbons (Fsp3) is 0.200. The summed E-state index contributed by atoms with van der Waals surface area (Å²) in [4.78, 5) is 16.5. The van der Waals surface area contributed by atoms with Crippen LogP contribution < -0.4 is 10.1 Å². The second-order valence-corrected chi connectivity index (χ2v) is 7.18. The highest BCUT2D eigenvalue weighted by Crippen LogP contribution is 2.27. The third kappa shape index (κ3) is 5.05. The number of nitrogens with one attached hydrogen (secondary N) is 1. The minimum absolute atomic E-state index is 0.107. The largest absolute Gasteiger partial charge is 0.496 e. The molecule has 3 rings (SSSR count). The number of carbonyl (C=O) groups excluding carboxylic acids is 1. The number of carbonyl (C=O) groups is 1. The Balaban J connectivity index is 1.56. The number of hydrogen-bond acceptors (Lipinski definition) is 5. The molecule has 0 aliphatic carbocycles. The SMILES string of the molecule is COc1ccccc1C(C)NC(=O)CSc1ncc(-c2ccc(Cl)cc2)o1. The van der Waals surface area contributed by atoms with E-state index in [9.17, 15) is 4.79 Å². The molecule has 0 fully saturated rings. The van der Waals surface area contributed by atoms with E-state index in [-0.39, 0.29) is 17.7 Å². The van der Waals surface area contributed by atoms with E-state index in [1.54, 1.807) is 25.4 Å². The number of rotatable bonds is 7. The van der Waals surface area contributed by atoms with E-state index < -0.39 is 0 Å². The highest BCUT2D eigenvalue weighted by Gasteiger charge is 2.15. The van der Waals surface area contributed by atoms with Gasteiger partial charge in [0.25, 0.3) is 5.22 Å². The molecule has 0 aliphatic rings. The standard InChI is InChI=1S/C20H19ClN2O3S/c1-13(16-5-3-4-6-17(16)25-2)23-19(24)12-27-20-22-11-18(26-20)14-7-9-15(21)10-8-14/h3-11,13H,12H2,1-2H3,(H,23,24). The van der Waals surface area contributed by atoms with Gasteiger partial charge in [0, 0.05) is 16.1 Å². The van der Waals surface area contributed by atoms with E-state index in [2.05, 4.69) is 10.3 Å². The summed E-state index contributed by atoms with van der Waals surface area (Å²) < 4.78 is 11.0. The van der Waals surface area contributed by atoms with Gasteiger partial charge in [-0.3, -0.25) is 4.79 Å². The summed E-state index contributed by atoms with van der Waals surface area (Å²) in [5, 5.41) is 4.07. The van der Waals surface area contributed by atoms with Crippen LogP contribution in [0.3, 0.4) is 0 Å². The summed E-state index contributed by atoms with van der Waals surface area (Å²) in [6.45, 7) is 1.92. The van der Waals surface area contributed by atoms with Crippen LogP contribution in [0.2, 0.25) is 5.02 Å². The van der Waals surface area contributed by atoms with Crippen LogP contribution in [0, 0.1) is 0 Å². The van der Waals surface area contributed by atoms with Gasteiger partial charge < -0.3 is 14.5 Å². The Hall–Kier alpha value is -2.44. The minimum atomic E-state index is -0.163. The first kappa shape index (κ1) is 19.3. The normalized spacial score (nSPS) is 11.8. The van der Waals surface area contributed by atoms with Gasteiger partial charge >= 0.3 is 0 Å². The highest BCUT2D eigenvalue weighted by atomic mass is 35.5. The number of para-hydroxylation sites is 1. The van der Waals surface area contributed by atoms with Crippen LogP contribution >= 0.6 is 23.4 Å². The lowest BCUT2D eigenvalue weighted by Gasteiger charge is -2.16. The first-order valence-electron chi connectivity index (χ1n) is 8.33. The lowest BCUT2D eigenvalue weighted by molar-refractivity contribution is -0.119. The van der Waals surface area contributed by atoms with Gasteiger partial charge in [0.15, 0.2) is 5.76 Å². The summed E-state index contributed by atoms with van der Waals surface area (Å²) in [5.41, 5.74) is 1.81. The van der Waals surface area contributed by atoms with Crippen LogP contribution in [0.1, 0.15) is 18.5 Å². The van der Waals surface area contributed by atoms with Crippen LogP contribution in [-0.2, 0) is 4.79 Å². The van der Waals surface area contributed by atoms with E-state index in [0.717, 1.165) is 16.9 Å².